The van der Waals surface area contributed by atoms with Crippen LogP contribution in [0.3, 0.4) is 0 Å². The normalized spacial score (nSPS) is 11.9. The molecule has 37 heteroatoms. The maximum absolute atomic E-state index is 13.4. The van der Waals surface area contributed by atoms with E-state index in [-0.39, 0.29) is 101 Å². The average Bonchev–Trinajstić information content (AvgIpc) is 1.73. The minimum Gasteiger partial charge on any atom is -0.412 e. The fourth-order valence-electron chi connectivity index (χ4n) is 10.3. The van der Waals surface area contributed by atoms with Crippen LogP contribution in [0.1, 0.15) is 68.0 Å². The van der Waals surface area contributed by atoms with E-state index >= 15 is 0 Å². The highest BCUT2D eigenvalue weighted by Gasteiger charge is 2.25. The number of nitrogen functional groups attached to an aromatic ring is 1. The number of nitrogens with zero attached hydrogens (tertiary/aromatic N) is 18. The van der Waals surface area contributed by atoms with E-state index in [4.69, 9.17) is 57.9 Å². The molecule has 0 fully saturated rings. The lowest BCUT2D eigenvalue weighted by Crippen LogP contribution is -2.29. The molecule has 12 aromatic heterocycles. The van der Waals surface area contributed by atoms with Gasteiger partial charge in [0.05, 0.1) is 69.2 Å². The second-order valence-electron chi connectivity index (χ2n) is 21.3. The number of benzene rings is 3. The van der Waals surface area contributed by atoms with Gasteiger partial charge in [-0.1, -0.05) is 101 Å². The van der Waals surface area contributed by atoms with E-state index in [1.54, 1.807) is 76.6 Å². The van der Waals surface area contributed by atoms with Crippen molar-refractivity contribution in [3.63, 3.8) is 0 Å². The molecule has 0 aliphatic rings. The Balaban J connectivity index is 0.000000149. The number of hydrogen-bond acceptors (Lipinski definition) is 23. The molecular formula is C62H56Cl4N26O7. The number of aromatic amines is 3. The van der Waals surface area contributed by atoms with E-state index in [9.17, 15) is 28.8 Å². The Labute approximate surface area is 574 Å². The van der Waals surface area contributed by atoms with Crippen LogP contribution in [0.5, 0.6) is 0 Å². The summed E-state index contributed by atoms with van der Waals surface area (Å²) in [4.78, 5) is 120. The smallest absolute Gasteiger partial charge is 0.284 e. The standard InChI is InChI=1S/C21H17ClN8O2.C20H16ClN9O2.C14H13ClN4O.C7H5ClN4O.H3N.H2O/c1-11(25-18-15-17(26-12(2)27-18)23-10-24-20(15)31)19-28-29-9-8-14(22)16(29)21(32)30(19)13-6-4-3-5-7-13;1-10(25-16-13-15(26-20(22)27-16)23-9-24-18(13)31)17-28-29-8-7-12(21)14(29)19(32)30(17)11-5-3-2-4-6-11;1-9(16)13-17-18-8-7-11(15)12(18)14(20)19(13)10-5-3-2-4-6-10;1-3-11-5(8)4-6(12-3)9-2-10-7(4)13;;/h3-11H,1-2H3,(H2,23,24,25,26,27,31);2-10H,1H3,(H4,22,23,24,25,26,27,31);2-9H,16H2,1H3;2H,1H3,(H,9,10,11,12,13);1H3;1H2/t11-;10-;9-;;;/m000.../s1. The molecule has 0 bridgehead atoms. The number of H-pyrrole nitrogens is 3. The average molecular weight is 1420 g/mol. The summed E-state index contributed by atoms with van der Waals surface area (Å²) >= 11 is 24.3. The lowest BCUT2D eigenvalue weighted by Gasteiger charge is -2.20. The van der Waals surface area contributed by atoms with Crippen LogP contribution in [-0.4, -0.2) is 108 Å². The Hall–Kier alpha value is -12.0. The fraction of sp³-hybridized carbons (Fsp3) is 0.129. The highest BCUT2D eigenvalue weighted by Crippen LogP contribution is 2.27. The molecule has 0 amide bonds. The van der Waals surface area contributed by atoms with Gasteiger partial charge in [-0.3, -0.25) is 42.5 Å². The van der Waals surface area contributed by atoms with Crippen molar-refractivity contribution in [2.24, 2.45) is 5.73 Å². The predicted octanol–water partition coefficient (Wildman–Crippen LogP) is 6.74. The lowest BCUT2D eigenvalue weighted by molar-refractivity contribution is 0.647. The highest BCUT2D eigenvalue weighted by atomic mass is 35.5. The van der Waals surface area contributed by atoms with E-state index in [0.29, 0.717) is 72.5 Å². The molecule has 0 aliphatic heterocycles. The Morgan fingerprint density at radius 1 is 0.444 bits per heavy atom. The molecule has 12 heterocycles. The lowest BCUT2D eigenvalue weighted by atomic mass is 10.2. The van der Waals surface area contributed by atoms with Gasteiger partial charge in [0.1, 0.15) is 61.1 Å². The van der Waals surface area contributed by atoms with Crippen molar-refractivity contribution in [3.05, 3.63) is 258 Å². The Morgan fingerprint density at radius 3 is 1.17 bits per heavy atom. The van der Waals surface area contributed by atoms with Crippen LogP contribution >= 0.6 is 46.4 Å². The zero-order valence-corrected chi connectivity index (χ0v) is 55.5. The van der Waals surface area contributed by atoms with E-state index < -0.39 is 17.6 Å². The fourth-order valence-corrected chi connectivity index (χ4v) is 11.3. The van der Waals surface area contributed by atoms with Crippen molar-refractivity contribution in [1.82, 2.24) is 109 Å². The maximum atomic E-state index is 13.4. The first-order chi connectivity index (χ1) is 46.6. The number of para-hydroxylation sites is 3. The van der Waals surface area contributed by atoms with Crippen LogP contribution < -0.4 is 61.6 Å². The topological polar surface area (TPSA) is 475 Å². The molecule has 14 N–H and O–H groups in total. The van der Waals surface area contributed by atoms with Gasteiger partial charge in [0.15, 0.2) is 34.4 Å². The molecule has 504 valence electrons. The Bertz CT molecular complexity index is 5660. The SMILES string of the molecule is C[C@H](N)c1nn2ccc(Cl)c2c(=O)n1-c1ccccc1.C[C@H](Nc1nc(N)nc2nc[nH]c(=O)c12)c1nn2ccc(Cl)c2c(=O)n1-c1ccccc1.Cc1nc(Cl)c2c(=O)[nH]cnc2n1.Cc1nc(N[C@@H](C)c2nn3ccc(Cl)c3c(=O)n2-c2ccccc2)c2c(=O)[nH]cnc2n1.N.O. The molecule has 33 nitrogen and oxygen atoms in total. The summed E-state index contributed by atoms with van der Waals surface area (Å²) in [6.07, 6.45) is 8.71. The van der Waals surface area contributed by atoms with Crippen LogP contribution in [0.15, 0.2) is 176 Å². The second kappa shape index (κ2) is 29.2. The number of nitrogens with two attached hydrogens (primary N) is 2. The van der Waals surface area contributed by atoms with Crippen LogP contribution in [0.4, 0.5) is 17.6 Å². The number of hydrogen-bond donors (Lipinski definition) is 8. The molecule has 0 aliphatic carbocycles. The van der Waals surface area contributed by atoms with Gasteiger partial charge in [-0.05, 0) is 89.2 Å². The molecule has 99 heavy (non-hydrogen) atoms. The van der Waals surface area contributed by atoms with Crippen molar-refractivity contribution in [1.29, 1.82) is 0 Å². The van der Waals surface area contributed by atoms with E-state index in [1.807, 2.05) is 85.8 Å². The summed E-state index contributed by atoms with van der Waals surface area (Å²) in [5.41, 5.74) is 13.3. The van der Waals surface area contributed by atoms with Crippen molar-refractivity contribution in [3.8, 4) is 17.1 Å². The first-order valence-corrected chi connectivity index (χ1v) is 30.6. The third-order valence-electron chi connectivity index (χ3n) is 14.6. The van der Waals surface area contributed by atoms with Crippen LogP contribution in [0.2, 0.25) is 20.2 Å². The van der Waals surface area contributed by atoms with Crippen molar-refractivity contribution < 1.29 is 5.48 Å². The first kappa shape index (κ1) is 69.8. The van der Waals surface area contributed by atoms with Crippen molar-refractivity contribution in [2.45, 2.75) is 52.7 Å². The zero-order valence-electron chi connectivity index (χ0n) is 52.5. The van der Waals surface area contributed by atoms with Gasteiger partial charge in [0.25, 0.3) is 33.4 Å². The summed E-state index contributed by atoms with van der Waals surface area (Å²) in [7, 11) is 0. The summed E-state index contributed by atoms with van der Waals surface area (Å²) in [6.45, 7) is 8.80. The zero-order chi connectivity index (χ0) is 68.5. The number of nitrogens with one attached hydrogen (secondary N) is 5. The van der Waals surface area contributed by atoms with Gasteiger partial charge in [-0.15, -0.1) is 0 Å². The third kappa shape index (κ3) is 13.9. The summed E-state index contributed by atoms with van der Waals surface area (Å²) in [6, 6.07) is 30.9. The summed E-state index contributed by atoms with van der Waals surface area (Å²) in [5.74, 6) is 2.63. The molecule has 0 radical (unpaired) electrons. The predicted molar refractivity (Wildman–Crippen MR) is 375 cm³/mol. The number of anilines is 3. The van der Waals surface area contributed by atoms with Crippen molar-refractivity contribution in [2.75, 3.05) is 16.4 Å². The van der Waals surface area contributed by atoms with Gasteiger partial charge in [0.2, 0.25) is 5.95 Å². The quantitative estimate of drug-likeness (QED) is 0.0657. The molecule has 3 atom stereocenters. The third-order valence-corrected chi connectivity index (χ3v) is 15.8. The maximum Gasteiger partial charge on any atom is 0.284 e. The number of aromatic nitrogens is 21. The van der Waals surface area contributed by atoms with E-state index in [1.165, 1.54) is 46.2 Å². The molecule has 0 saturated heterocycles. The van der Waals surface area contributed by atoms with E-state index in [2.05, 4.69) is 85.7 Å². The van der Waals surface area contributed by atoms with Gasteiger partial charge in [0, 0.05) is 18.6 Å². The monoisotopic (exact) mass is 1420 g/mol. The minimum atomic E-state index is -0.578. The van der Waals surface area contributed by atoms with Gasteiger partial charge in [-0.25, -0.2) is 48.4 Å². The highest BCUT2D eigenvalue weighted by molar-refractivity contribution is 6.35. The molecular weight excluding hydrogens is 1360 g/mol. The molecule has 15 rings (SSSR count). The number of aryl methyl sites for hydroxylation is 2. The van der Waals surface area contributed by atoms with Gasteiger partial charge in [-0.2, -0.15) is 25.3 Å². The number of fused-ring (bicyclic) bond motifs is 6. The first-order valence-electron chi connectivity index (χ1n) is 29.1. The number of rotatable bonds is 10. The van der Waals surface area contributed by atoms with Crippen LogP contribution in [0.25, 0.3) is 66.7 Å². The molecule has 3 aromatic carbocycles. The minimum absolute atomic E-state index is 0. The van der Waals surface area contributed by atoms with Crippen LogP contribution in [-0.2, 0) is 0 Å². The molecule has 0 spiro atoms. The second-order valence-corrected chi connectivity index (χ2v) is 22.9. The van der Waals surface area contributed by atoms with Crippen molar-refractivity contribution >= 4 is 114 Å². The molecule has 15 aromatic rings. The van der Waals surface area contributed by atoms with Crippen LogP contribution in [0, 0.1) is 13.8 Å². The summed E-state index contributed by atoms with van der Waals surface area (Å²) < 4.78 is 8.83. The van der Waals surface area contributed by atoms with Gasteiger partial charge >= 0.3 is 0 Å². The largest absolute Gasteiger partial charge is 0.412 e. The summed E-state index contributed by atoms with van der Waals surface area (Å²) in [5, 5.41) is 21.7. The Morgan fingerprint density at radius 2 is 0.778 bits per heavy atom. The van der Waals surface area contributed by atoms with E-state index in [0.717, 1.165) is 5.69 Å². The molecule has 0 unspecified atom stereocenters. The van der Waals surface area contributed by atoms with Gasteiger partial charge < -0.3 is 48.7 Å². The Kier molecular flexibility index (Phi) is 20.6. The number of halogens is 4. The molecule has 0 saturated carbocycles.